The Balaban J connectivity index is 2.37. The van der Waals surface area contributed by atoms with Crippen LogP contribution in [0.1, 0.15) is 41.5 Å². The summed E-state index contributed by atoms with van der Waals surface area (Å²) in [6, 6.07) is 7.58. The SMILES string of the molecule is COc1ccnc(-c2ccc(F)c(NC(=NC(=O)OC(C)(C)C)NC(=O)OC(C)(C)C)c2)c1. The van der Waals surface area contributed by atoms with Crippen molar-refractivity contribution in [3.63, 3.8) is 0 Å². The number of nitrogens with one attached hydrogen (secondary N) is 2. The van der Waals surface area contributed by atoms with Gasteiger partial charge >= 0.3 is 12.2 Å². The number of halogens is 1. The highest BCUT2D eigenvalue weighted by Crippen LogP contribution is 2.26. The van der Waals surface area contributed by atoms with Crippen LogP contribution in [0.5, 0.6) is 5.75 Å². The van der Waals surface area contributed by atoms with Crippen LogP contribution in [-0.4, -0.2) is 41.4 Å². The molecule has 0 unspecified atom stereocenters. The lowest BCUT2D eigenvalue weighted by atomic mass is 10.1. The first kappa shape index (κ1) is 25.6. The molecule has 1 aromatic carbocycles. The normalized spacial score (nSPS) is 12.1. The molecule has 2 N–H and O–H groups in total. The van der Waals surface area contributed by atoms with Crippen LogP contribution in [0.2, 0.25) is 0 Å². The molecule has 2 amide bonds. The molecule has 0 saturated heterocycles. The van der Waals surface area contributed by atoms with E-state index in [2.05, 4.69) is 20.6 Å². The summed E-state index contributed by atoms with van der Waals surface area (Å²) in [5.41, 5.74) is -0.587. The van der Waals surface area contributed by atoms with Gasteiger partial charge in [-0.2, -0.15) is 0 Å². The second-order valence-electron chi connectivity index (χ2n) is 8.97. The number of guanidine groups is 1. The van der Waals surface area contributed by atoms with Crippen LogP contribution in [0, 0.1) is 5.82 Å². The van der Waals surface area contributed by atoms with Crippen molar-refractivity contribution in [2.45, 2.75) is 52.7 Å². The standard InChI is InChI=1S/C23H29FN4O5/c1-22(2,3)32-20(29)27-19(28-21(30)33-23(4,5)6)26-18-12-14(8-9-16(18)24)17-13-15(31-7)10-11-25-17/h8-13H,1-7H3,(H2,26,27,28,29,30). The average molecular weight is 461 g/mol. The summed E-state index contributed by atoms with van der Waals surface area (Å²) in [7, 11) is 1.53. The van der Waals surface area contributed by atoms with Gasteiger partial charge in [0.05, 0.1) is 18.5 Å². The maximum atomic E-state index is 14.6. The van der Waals surface area contributed by atoms with Crippen molar-refractivity contribution in [2.24, 2.45) is 4.99 Å². The largest absolute Gasteiger partial charge is 0.497 e. The Kier molecular flexibility index (Phi) is 7.97. The topological polar surface area (TPSA) is 111 Å². The molecule has 0 fully saturated rings. The van der Waals surface area contributed by atoms with Crippen LogP contribution >= 0.6 is 0 Å². The maximum Gasteiger partial charge on any atom is 0.437 e. The zero-order valence-corrected chi connectivity index (χ0v) is 19.8. The number of pyridine rings is 1. The number of alkyl carbamates (subject to hydrolysis) is 1. The van der Waals surface area contributed by atoms with Crippen molar-refractivity contribution >= 4 is 23.8 Å². The van der Waals surface area contributed by atoms with E-state index < -0.39 is 29.2 Å². The fourth-order valence-corrected chi connectivity index (χ4v) is 2.47. The van der Waals surface area contributed by atoms with Gasteiger partial charge in [0.1, 0.15) is 22.8 Å². The third-order valence-electron chi connectivity index (χ3n) is 3.70. The van der Waals surface area contributed by atoms with Crippen LogP contribution < -0.4 is 15.4 Å². The van der Waals surface area contributed by atoms with Crippen molar-refractivity contribution in [1.82, 2.24) is 10.3 Å². The van der Waals surface area contributed by atoms with Gasteiger partial charge in [-0.05, 0) is 65.8 Å². The molecule has 0 radical (unpaired) electrons. The molecule has 178 valence electrons. The summed E-state index contributed by atoms with van der Waals surface area (Å²) >= 11 is 0. The van der Waals surface area contributed by atoms with E-state index >= 15 is 0 Å². The van der Waals surface area contributed by atoms with Gasteiger partial charge < -0.3 is 19.5 Å². The Bertz CT molecular complexity index is 1040. The number of hydrogen-bond donors (Lipinski definition) is 2. The minimum Gasteiger partial charge on any atom is -0.497 e. The zero-order valence-electron chi connectivity index (χ0n) is 19.8. The van der Waals surface area contributed by atoms with Crippen molar-refractivity contribution in [1.29, 1.82) is 0 Å². The Morgan fingerprint density at radius 3 is 2.27 bits per heavy atom. The highest BCUT2D eigenvalue weighted by molar-refractivity contribution is 6.06. The highest BCUT2D eigenvalue weighted by atomic mass is 19.1. The summed E-state index contributed by atoms with van der Waals surface area (Å²) in [4.78, 5) is 32.4. The van der Waals surface area contributed by atoms with E-state index in [4.69, 9.17) is 14.2 Å². The molecule has 2 rings (SSSR count). The lowest BCUT2D eigenvalue weighted by molar-refractivity contribution is 0.0562. The van der Waals surface area contributed by atoms with E-state index in [1.165, 1.54) is 25.3 Å². The molecule has 1 heterocycles. The molecular weight excluding hydrogens is 431 g/mol. The fourth-order valence-electron chi connectivity index (χ4n) is 2.47. The predicted molar refractivity (Wildman–Crippen MR) is 123 cm³/mol. The number of nitrogens with zero attached hydrogens (tertiary/aromatic N) is 2. The molecule has 0 aliphatic heterocycles. The monoisotopic (exact) mass is 460 g/mol. The first-order valence-electron chi connectivity index (χ1n) is 10.1. The molecule has 0 aliphatic carbocycles. The number of benzene rings is 1. The van der Waals surface area contributed by atoms with Gasteiger partial charge in [0, 0.05) is 17.8 Å². The number of rotatable bonds is 3. The van der Waals surface area contributed by atoms with E-state index in [1.807, 2.05) is 0 Å². The molecular formula is C23H29FN4O5. The summed E-state index contributed by atoms with van der Waals surface area (Å²) < 4.78 is 30.1. The number of hydrogen-bond acceptors (Lipinski definition) is 6. The van der Waals surface area contributed by atoms with E-state index in [0.29, 0.717) is 17.0 Å². The van der Waals surface area contributed by atoms with Gasteiger partial charge in [-0.15, -0.1) is 4.99 Å². The third kappa shape index (κ3) is 8.76. The highest BCUT2D eigenvalue weighted by Gasteiger charge is 2.21. The van der Waals surface area contributed by atoms with E-state index in [1.54, 1.807) is 59.9 Å². The first-order valence-corrected chi connectivity index (χ1v) is 10.1. The molecule has 0 aliphatic rings. The Hall–Kier alpha value is -3.69. The minimum atomic E-state index is -0.980. The van der Waals surface area contributed by atoms with Crippen molar-refractivity contribution in [2.75, 3.05) is 12.4 Å². The van der Waals surface area contributed by atoms with Crippen LogP contribution in [-0.2, 0) is 9.47 Å². The van der Waals surface area contributed by atoms with Crippen LogP contribution in [0.4, 0.5) is 19.7 Å². The summed E-state index contributed by atoms with van der Waals surface area (Å²) in [5.74, 6) is -0.435. The second-order valence-corrected chi connectivity index (χ2v) is 8.97. The van der Waals surface area contributed by atoms with Crippen molar-refractivity contribution in [3.8, 4) is 17.0 Å². The summed E-state index contributed by atoms with van der Waals surface area (Å²) in [6.07, 6.45) is -0.306. The van der Waals surface area contributed by atoms with Crippen LogP contribution in [0.3, 0.4) is 0 Å². The molecule has 10 heteroatoms. The number of amides is 2. The molecule has 0 atom stereocenters. The summed E-state index contributed by atoms with van der Waals surface area (Å²) in [6.45, 7) is 10.0. The number of carbonyl (C=O) groups excluding carboxylic acids is 2. The molecule has 0 saturated carbocycles. The van der Waals surface area contributed by atoms with E-state index in [0.717, 1.165) is 0 Å². The Labute approximate surface area is 192 Å². The Morgan fingerprint density at radius 2 is 1.67 bits per heavy atom. The van der Waals surface area contributed by atoms with Gasteiger partial charge in [-0.25, -0.2) is 14.0 Å². The molecule has 1 aromatic heterocycles. The summed E-state index contributed by atoms with van der Waals surface area (Å²) in [5, 5.41) is 4.94. The molecule has 33 heavy (non-hydrogen) atoms. The molecule has 0 bridgehead atoms. The smallest absolute Gasteiger partial charge is 0.437 e. The van der Waals surface area contributed by atoms with Crippen LogP contribution in [0.15, 0.2) is 41.5 Å². The number of aromatic nitrogens is 1. The number of aliphatic imine (C=N–C) groups is 1. The van der Waals surface area contributed by atoms with E-state index in [-0.39, 0.29) is 11.6 Å². The minimum absolute atomic E-state index is 0.0597. The lowest BCUT2D eigenvalue weighted by Crippen LogP contribution is -2.40. The fraction of sp³-hybridized carbons (Fsp3) is 0.391. The number of anilines is 1. The quantitative estimate of drug-likeness (QED) is 0.483. The van der Waals surface area contributed by atoms with Gasteiger partial charge in [-0.3, -0.25) is 10.3 Å². The van der Waals surface area contributed by atoms with Crippen molar-refractivity contribution in [3.05, 3.63) is 42.3 Å². The van der Waals surface area contributed by atoms with E-state index in [9.17, 15) is 14.0 Å². The number of methoxy groups -OCH3 is 1. The zero-order chi connectivity index (χ0) is 24.8. The second kappa shape index (κ2) is 10.3. The first-order chi connectivity index (χ1) is 15.3. The average Bonchev–Trinajstić information content (AvgIpc) is 2.66. The predicted octanol–water partition coefficient (Wildman–Crippen LogP) is 5.12. The Morgan fingerprint density at radius 1 is 1.00 bits per heavy atom. The van der Waals surface area contributed by atoms with Gasteiger partial charge in [0.15, 0.2) is 0 Å². The number of ether oxygens (including phenoxy) is 3. The molecule has 0 spiro atoms. The third-order valence-corrected chi connectivity index (χ3v) is 3.70. The number of carbonyl (C=O) groups is 2. The van der Waals surface area contributed by atoms with Crippen molar-refractivity contribution < 1.29 is 28.2 Å². The lowest BCUT2D eigenvalue weighted by Gasteiger charge is -2.21. The van der Waals surface area contributed by atoms with Gasteiger partial charge in [0.2, 0.25) is 5.96 Å². The van der Waals surface area contributed by atoms with Gasteiger partial charge in [0.25, 0.3) is 0 Å². The van der Waals surface area contributed by atoms with Gasteiger partial charge in [-0.1, -0.05) is 0 Å². The molecule has 2 aromatic rings. The maximum absolute atomic E-state index is 14.6. The van der Waals surface area contributed by atoms with Crippen LogP contribution in [0.25, 0.3) is 11.3 Å². The molecule has 9 nitrogen and oxygen atoms in total.